The summed E-state index contributed by atoms with van der Waals surface area (Å²) in [5.41, 5.74) is 6.92. The van der Waals surface area contributed by atoms with Crippen LogP contribution >= 0.6 is 0 Å². The molecular formula is C24H43N3O2. The second kappa shape index (κ2) is 14.6. The molecule has 1 aliphatic rings. The van der Waals surface area contributed by atoms with Crippen LogP contribution in [0.1, 0.15) is 64.4 Å². The van der Waals surface area contributed by atoms with Gasteiger partial charge < -0.3 is 20.1 Å². The van der Waals surface area contributed by atoms with Crippen molar-refractivity contribution < 1.29 is 9.47 Å². The van der Waals surface area contributed by atoms with Crippen LogP contribution in [-0.4, -0.2) is 62.3 Å². The predicted octanol–water partition coefficient (Wildman–Crippen LogP) is 4.29. The van der Waals surface area contributed by atoms with Gasteiger partial charge in [0.1, 0.15) is 11.5 Å². The average molecular weight is 406 g/mol. The van der Waals surface area contributed by atoms with E-state index in [1.807, 2.05) is 0 Å². The summed E-state index contributed by atoms with van der Waals surface area (Å²) in [6.45, 7) is 13.3. The lowest BCUT2D eigenvalue weighted by atomic mass is 10.1. The Balaban J connectivity index is 1.91. The van der Waals surface area contributed by atoms with Gasteiger partial charge in [0.2, 0.25) is 0 Å². The quantitative estimate of drug-likeness (QED) is 0.441. The molecule has 1 aromatic rings. The topological polar surface area (TPSA) is 51.0 Å². The zero-order chi connectivity index (χ0) is 20.7. The van der Waals surface area contributed by atoms with Crippen molar-refractivity contribution >= 4 is 0 Å². The highest BCUT2D eigenvalue weighted by Gasteiger charge is 2.18. The van der Waals surface area contributed by atoms with E-state index in [9.17, 15) is 0 Å². The van der Waals surface area contributed by atoms with Gasteiger partial charge in [-0.2, -0.15) is 0 Å². The molecule has 0 spiro atoms. The third kappa shape index (κ3) is 9.37. The maximum Gasteiger partial charge on any atom is 0.127 e. The Morgan fingerprint density at radius 3 is 2.14 bits per heavy atom. The van der Waals surface area contributed by atoms with Crippen molar-refractivity contribution in [3.05, 3.63) is 23.8 Å². The van der Waals surface area contributed by atoms with E-state index in [0.717, 1.165) is 89.8 Å². The van der Waals surface area contributed by atoms with Gasteiger partial charge in [0.15, 0.2) is 0 Å². The third-order valence-electron chi connectivity index (χ3n) is 5.60. The highest BCUT2D eigenvalue weighted by atomic mass is 16.5. The van der Waals surface area contributed by atoms with Crippen LogP contribution < -0.4 is 15.2 Å². The molecule has 1 saturated heterocycles. The molecule has 0 bridgehead atoms. The van der Waals surface area contributed by atoms with Gasteiger partial charge >= 0.3 is 0 Å². The number of benzene rings is 1. The normalized spacial score (nSPS) is 15.6. The maximum absolute atomic E-state index is 6.19. The van der Waals surface area contributed by atoms with Crippen molar-refractivity contribution in [3.8, 4) is 11.5 Å². The standard InChI is InChI=1S/C24H43N3O2/c1-3-5-7-18-28-23-11-10-22(24(20-23)29-19-8-6-4-2)21-27-16-14-26(15-17-27)13-9-12-25/h10-11,20H,3-9,12-19,21,25H2,1-2H3. The lowest BCUT2D eigenvalue weighted by molar-refractivity contribution is 0.125. The van der Waals surface area contributed by atoms with Gasteiger partial charge in [-0.1, -0.05) is 45.6 Å². The molecule has 0 amide bonds. The van der Waals surface area contributed by atoms with Crippen LogP contribution in [0, 0.1) is 0 Å². The summed E-state index contributed by atoms with van der Waals surface area (Å²) in [6, 6.07) is 6.41. The van der Waals surface area contributed by atoms with Gasteiger partial charge in [-0.25, -0.2) is 0 Å². The highest BCUT2D eigenvalue weighted by Crippen LogP contribution is 2.27. The summed E-state index contributed by atoms with van der Waals surface area (Å²) in [6.07, 6.45) is 8.17. The third-order valence-corrected chi connectivity index (χ3v) is 5.60. The van der Waals surface area contributed by atoms with E-state index in [1.54, 1.807) is 0 Å². The highest BCUT2D eigenvalue weighted by molar-refractivity contribution is 5.40. The van der Waals surface area contributed by atoms with Crippen LogP contribution in [0.2, 0.25) is 0 Å². The fourth-order valence-electron chi connectivity index (χ4n) is 3.69. The van der Waals surface area contributed by atoms with Crippen molar-refractivity contribution in [2.75, 3.05) is 52.5 Å². The summed E-state index contributed by atoms with van der Waals surface area (Å²) in [5.74, 6) is 1.93. The minimum atomic E-state index is 0.784. The minimum Gasteiger partial charge on any atom is -0.493 e. The van der Waals surface area contributed by atoms with E-state index in [2.05, 4.69) is 41.8 Å². The molecule has 1 fully saturated rings. The monoisotopic (exact) mass is 405 g/mol. The fraction of sp³-hybridized carbons (Fsp3) is 0.750. The Hall–Kier alpha value is -1.30. The molecule has 1 aromatic carbocycles. The summed E-state index contributed by atoms with van der Waals surface area (Å²) in [4.78, 5) is 5.06. The van der Waals surface area contributed by atoms with E-state index in [1.165, 1.54) is 31.2 Å². The number of ether oxygens (including phenoxy) is 2. The van der Waals surface area contributed by atoms with Crippen LogP contribution in [0.25, 0.3) is 0 Å². The number of hydrogen-bond acceptors (Lipinski definition) is 5. The summed E-state index contributed by atoms with van der Waals surface area (Å²) < 4.78 is 12.2. The first kappa shape index (κ1) is 24.0. The van der Waals surface area contributed by atoms with Crippen molar-refractivity contribution in [1.82, 2.24) is 9.80 Å². The second-order valence-electron chi connectivity index (χ2n) is 8.14. The zero-order valence-electron chi connectivity index (χ0n) is 18.8. The molecule has 29 heavy (non-hydrogen) atoms. The SMILES string of the molecule is CCCCCOc1ccc(CN2CCN(CCCN)CC2)c(OCCCCC)c1. The molecule has 5 heteroatoms. The number of hydrogen-bond donors (Lipinski definition) is 1. The van der Waals surface area contributed by atoms with Crippen LogP contribution in [0.15, 0.2) is 18.2 Å². The van der Waals surface area contributed by atoms with Gasteiger partial charge in [0.05, 0.1) is 13.2 Å². The minimum absolute atomic E-state index is 0.784. The maximum atomic E-state index is 6.19. The molecule has 0 aromatic heterocycles. The van der Waals surface area contributed by atoms with E-state index in [4.69, 9.17) is 15.2 Å². The molecule has 0 atom stereocenters. The largest absolute Gasteiger partial charge is 0.493 e. The van der Waals surface area contributed by atoms with Crippen molar-refractivity contribution in [2.45, 2.75) is 65.3 Å². The van der Waals surface area contributed by atoms with Gasteiger partial charge in [0, 0.05) is 44.4 Å². The Labute approximate surface area is 178 Å². The Kier molecular flexibility index (Phi) is 12.1. The molecule has 2 rings (SSSR count). The number of piperazine rings is 1. The number of nitrogens with two attached hydrogens (primary N) is 1. The van der Waals surface area contributed by atoms with Crippen LogP contribution in [0.5, 0.6) is 11.5 Å². The first-order valence-corrected chi connectivity index (χ1v) is 11.8. The average Bonchev–Trinajstić information content (AvgIpc) is 2.75. The Morgan fingerprint density at radius 1 is 0.828 bits per heavy atom. The van der Waals surface area contributed by atoms with E-state index in [-0.39, 0.29) is 0 Å². The van der Waals surface area contributed by atoms with Crippen LogP contribution in [0.3, 0.4) is 0 Å². The van der Waals surface area contributed by atoms with Gasteiger partial charge in [0.25, 0.3) is 0 Å². The number of nitrogens with zero attached hydrogens (tertiary/aromatic N) is 2. The first-order chi connectivity index (χ1) is 14.3. The molecule has 2 N–H and O–H groups in total. The molecule has 1 aliphatic heterocycles. The van der Waals surface area contributed by atoms with Crippen molar-refractivity contribution in [2.24, 2.45) is 5.73 Å². The summed E-state index contributed by atoms with van der Waals surface area (Å²) >= 11 is 0. The first-order valence-electron chi connectivity index (χ1n) is 11.8. The number of rotatable bonds is 15. The number of unbranched alkanes of at least 4 members (excludes halogenated alkanes) is 4. The van der Waals surface area contributed by atoms with E-state index >= 15 is 0 Å². The molecule has 0 radical (unpaired) electrons. The van der Waals surface area contributed by atoms with Crippen molar-refractivity contribution in [1.29, 1.82) is 0 Å². The molecular weight excluding hydrogens is 362 g/mol. The Morgan fingerprint density at radius 2 is 1.48 bits per heavy atom. The van der Waals surface area contributed by atoms with Crippen molar-refractivity contribution in [3.63, 3.8) is 0 Å². The second-order valence-corrected chi connectivity index (χ2v) is 8.14. The molecule has 0 saturated carbocycles. The Bertz CT molecular complexity index is 545. The molecule has 0 aliphatic carbocycles. The summed E-state index contributed by atoms with van der Waals surface area (Å²) in [7, 11) is 0. The van der Waals surface area contributed by atoms with E-state index in [0.29, 0.717) is 0 Å². The molecule has 166 valence electrons. The predicted molar refractivity (Wildman–Crippen MR) is 122 cm³/mol. The summed E-state index contributed by atoms with van der Waals surface area (Å²) in [5, 5.41) is 0. The fourth-order valence-corrected chi connectivity index (χ4v) is 3.69. The van der Waals surface area contributed by atoms with E-state index < -0.39 is 0 Å². The van der Waals surface area contributed by atoms with Crippen LogP contribution in [0.4, 0.5) is 0 Å². The zero-order valence-corrected chi connectivity index (χ0v) is 18.8. The van der Waals surface area contributed by atoms with Gasteiger partial charge in [-0.05, 0) is 38.4 Å². The van der Waals surface area contributed by atoms with Crippen LogP contribution in [-0.2, 0) is 6.54 Å². The smallest absolute Gasteiger partial charge is 0.127 e. The molecule has 1 heterocycles. The van der Waals surface area contributed by atoms with Gasteiger partial charge in [-0.15, -0.1) is 0 Å². The van der Waals surface area contributed by atoms with Gasteiger partial charge in [-0.3, -0.25) is 4.90 Å². The molecule has 5 nitrogen and oxygen atoms in total. The lowest BCUT2D eigenvalue weighted by Gasteiger charge is -2.35. The molecule has 0 unspecified atom stereocenters. The lowest BCUT2D eigenvalue weighted by Crippen LogP contribution is -2.46.